The second kappa shape index (κ2) is 7.35. The summed E-state index contributed by atoms with van der Waals surface area (Å²) in [4.78, 5) is 20.6. The van der Waals surface area contributed by atoms with Crippen molar-refractivity contribution >= 4 is 34.5 Å². The van der Waals surface area contributed by atoms with Crippen LogP contribution in [0, 0.1) is 13.8 Å². The lowest BCUT2D eigenvalue weighted by atomic mass is 9.93. The monoisotopic (exact) mass is 428 g/mol. The van der Waals surface area contributed by atoms with Crippen LogP contribution in [0.5, 0.6) is 11.5 Å². The van der Waals surface area contributed by atoms with Crippen LogP contribution in [0.2, 0.25) is 5.02 Å². The molecule has 7 heteroatoms. The number of carbonyl (C=O) groups excluding carboxylic acids is 1. The molecule has 1 unspecified atom stereocenters. The molecule has 0 fully saturated rings. The van der Waals surface area contributed by atoms with Crippen molar-refractivity contribution in [3.63, 3.8) is 0 Å². The van der Waals surface area contributed by atoms with Crippen LogP contribution in [0.25, 0.3) is 10.4 Å². The molecule has 4 rings (SSSR count). The number of hydrogen-bond donors (Lipinski definition) is 2. The van der Waals surface area contributed by atoms with Crippen molar-refractivity contribution in [2.75, 3.05) is 4.90 Å². The number of carbonyl (C=O) groups is 1. The summed E-state index contributed by atoms with van der Waals surface area (Å²) in [7, 11) is 0. The van der Waals surface area contributed by atoms with E-state index >= 15 is 0 Å². The van der Waals surface area contributed by atoms with Gasteiger partial charge >= 0.3 is 0 Å². The number of rotatable bonds is 2. The van der Waals surface area contributed by atoms with E-state index < -0.39 is 0 Å². The molecule has 1 aromatic heterocycles. The van der Waals surface area contributed by atoms with Gasteiger partial charge in [0.15, 0.2) is 0 Å². The third kappa shape index (κ3) is 3.47. The average Bonchev–Trinajstić information content (AvgIpc) is 3.02. The Hall–Kier alpha value is -2.57. The second-order valence-electron chi connectivity index (χ2n) is 7.37. The number of benzene rings is 2. The molecular weight excluding hydrogens is 408 g/mol. The molecule has 0 aliphatic carbocycles. The lowest BCUT2D eigenvalue weighted by Crippen LogP contribution is -2.42. The number of aromatic hydroxyl groups is 2. The van der Waals surface area contributed by atoms with Gasteiger partial charge in [-0.3, -0.25) is 4.79 Å². The molecule has 1 atom stereocenters. The minimum absolute atomic E-state index is 0.0276. The van der Waals surface area contributed by atoms with E-state index in [9.17, 15) is 15.0 Å². The predicted molar refractivity (Wildman–Crippen MR) is 116 cm³/mol. The fourth-order valence-electron chi connectivity index (χ4n) is 3.85. The number of nitrogens with zero attached hydrogens (tertiary/aromatic N) is 2. The Morgan fingerprint density at radius 2 is 1.97 bits per heavy atom. The average molecular weight is 429 g/mol. The lowest BCUT2D eigenvalue weighted by molar-refractivity contribution is 0.0972. The molecule has 5 nitrogen and oxygen atoms in total. The van der Waals surface area contributed by atoms with Crippen molar-refractivity contribution in [1.82, 2.24) is 4.98 Å². The third-order valence-corrected chi connectivity index (χ3v) is 6.72. The molecule has 1 aliphatic rings. The minimum atomic E-state index is -0.338. The van der Waals surface area contributed by atoms with Crippen molar-refractivity contribution in [2.45, 2.75) is 39.7 Å². The summed E-state index contributed by atoms with van der Waals surface area (Å²) >= 11 is 7.64. The van der Waals surface area contributed by atoms with Gasteiger partial charge in [0.25, 0.3) is 5.91 Å². The summed E-state index contributed by atoms with van der Waals surface area (Å²) in [5, 5.41) is 20.9. The quantitative estimate of drug-likeness (QED) is 0.567. The van der Waals surface area contributed by atoms with Crippen LogP contribution in [0.1, 0.15) is 40.0 Å². The number of phenolic OH excluding ortho intramolecular Hbond substituents is 2. The van der Waals surface area contributed by atoms with Gasteiger partial charge in [0.2, 0.25) is 0 Å². The van der Waals surface area contributed by atoms with Crippen LogP contribution in [0.4, 0.5) is 5.69 Å². The molecule has 1 aliphatic heterocycles. The smallest absolute Gasteiger partial charge is 0.262 e. The van der Waals surface area contributed by atoms with E-state index in [4.69, 9.17) is 11.6 Å². The van der Waals surface area contributed by atoms with Crippen LogP contribution in [0.15, 0.2) is 30.3 Å². The van der Waals surface area contributed by atoms with Gasteiger partial charge in [-0.1, -0.05) is 17.7 Å². The number of anilines is 1. The van der Waals surface area contributed by atoms with Crippen molar-refractivity contribution < 1.29 is 15.0 Å². The highest BCUT2D eigenvalue weighted by atomic mass is 35.5. The Balaban J connectivity index is 1.76. The Morgan fingerprint density at radius 1 is 1.21 bits per heavy atom. The molecule has 1 amide bonds. The van der Waals surface area contributed by atoms with E-state index in [0.29, 0.717) is 0 Å². The molecule has 0 saturated carbocycles. The summed E-state index contributed by atoms with van der Waals surface area (Å²) in [5.41, 5.74) is 4.10. The van der Waals surface area contributed by atoms with Crippen LogP contribution in [0.3, 0.4) is 0 Å². The summed E-state index contributed by atoms with van der Waals surface area (Å²) < 4.78 is 0. The Labute approximate surface area is 178 Å². The van der Waals surface area contributed by atoms with Crippen LogP contribution >= 0.6 is 22.9 Å². The first-order chi connectivity index (χ1) is 13.8. The van der Waals surface area contributed by atoms with Gasteiger partial charge in [0.1, 0.15) is 11.5 Å². The van der Waals surface area contributed by atoms with E-state index in [1.54, 1.807) is 16.2 Å². The molecule has 2 heterocycles. The zero-order chi connectivity index (χ0) is 20.9. The fourth-order valence-corrected chi connectivity index (χ4v) is 4.93. The standard InChI is InChI=1S/C22H21ClN2O3S/c1-11-4-5-14-8-15(21-12(2)24-13(3)29-21)6-7-18(14)25(11)22(28)16-9-17(23)20(27)10-19(16)26/h6-11,26-27H,4-5H2,1-3H3. The first kappa shape index (κ1) is 19.7. The van der Waals surface area contributed by atoms with Gasteiger partial charge in [-0.25, -0.2) is 4.98 Å². The molecule has 2 N–H and O–H groups in total. The summed E-state index contributed by atoms with van der Waals surface area (Å²) in [5.74, 6) is -0.883. The Bertz CT molecular complexity index is 1130. The number of phenols is 2. The van der Waals surface area contributed by atoms with E-state index in [2.05, 4.69) is 11.1 Å². The number of amides is 1. The number of aryl methyl sites for hydroxylation is 3. The predicted octanol–water partition coefficient (Wildman–Crippen LogP) is 5.47. The maximum Gasteiger partial charge on any atom is 0.262 e. The highest BCUT2D eigenvalue weighted by Gasteiger charge is 2.31. The first-order valence-corrected chi connectivity index (χ1v) is 10.6. The zero-order valence-electron chi connectivity index (χ0n) is 16.4. The van der Waals surface area contributed by atoms with Gasteiger partial charge in [-0.15, -0.1) is 11.3 Å². The second-order valence-corrected chi connectivity index (χ2v) is 8.98. The van der Waals surface area contributed by atoms with Crippen LogP contribution in [-0.2, 0) is 6.42 Å². The van der Waals surface area contributed by atoms with Crippen molar-refractivity contribution in [3.8, 4) is 21.9 Å². The maximum absolute atomic E-state index is 13.3. The fraction of sp³-hybridized carbons (Fsp3) is 0.273. The maximum atomic E-state index is 13.3. The van der Waals surface area contributed by atoms with Crippen LogP contribution in [-0.4, -0.2) is 27.1 Å². The zero-order valence-corrected chi connectivity index (χ0v) is 17.9. The third-order valence-electron chi connectivity index (χ3n) is 5.29. The molecule has 0 saturated heterocycles. The van der Waals surface area contributed by atoms with Crippen molar-refractivity contribution in [3.05, 3.63) is 57.2 Å². The first-order valence-electron chi connectivity index (χ1n) is 9.38. The van der Waals surface area contributed by atoms with E-state index in [1.807, 2.05) is 32.9 Å². The summed E-state index contributed by atoms with van der Waals surface area (Å²) in [6.07, 6.45) is 1.68. The summed E-state index contributed by atoms with van der Waals surface area (Å²) in [6, 6.07) is 8.49. The van der Waals surface area contributed by atoms with Crippen molar-refractivity contribution in [2.24, 2.45) is 0 Å². The highest BCUT2D eigenvalue weighted by Crippen LogP contribution is 2.39. The molecule has 2 aromatic carbocycles. The minimum Gasteiger partial charge on any atom is -0.507 e. The van der Waals surface area contributed by atoms with Gasteiger partial charge in [-0.2, -0.15) is 0 Å². The van der Waals surface area contributed by atoms with E-state index in [-0.39, 0.29) is 34.0 Å². The Kier molecular flexibility index (Phi) is 5.00. The number of thiazole rings is 1. The molecule has 0 spiro atoms. The van der Waals surface area contributed by atoms with Gasteiger partial charge in [-0.05, 0) is 62.9 Å². The molecule has 0 radical (unpaired) electrons. The summed E-state index contributed by atoms with van der Waals surface area (Å²) in [6.45, 7) is 5.99. The Morgan fingerprint density at radius 3 is 2.66 bits per heavy atom. The normalized spacial score (nSPS) is 16.0. The number of halogens is 1. The number of aromatic nitrogens is 1. The molecule has 29 heavy (non-hydrogen) atoms. The molecule has 150 valence electrons. The van der Waals surface area contributed by atoms with Gasteiger partial charge in [0, 0.05) is 17.8 Å². The van der Waals surface area contributed by atoms with Gasteiger partial charge in [0.05, 0.1) is 26.2 Å². The molecular formula is C22H21ClN2O3S. The molecule has 3 aromatic rings. The lowest BCUT2D eigenvalue weighted by Gasteiger charge is -2.35. The largest absolute Gasteiger partial charge is 0.507 e. The van der Waals surface area contributed by atoms with Crippen molar-refractivity contribution in [1.29, 1.82) is 0 Å². The number of fused-ring (bicyclic) bond motifs is 1. The SMILES string of the molecule is Cc1nc(C)c(-c2ccc3c(c2)CCC(C)N3C(=O)c2cc(Cl)c(O)cc2O)s1. The van der Waals surface area contributed by atoms with E-state index in [1.165, 1.54) is 6.07 Å². The topological polar surface area (TPSA) is 73.7 Å². The van der Waals surface area contributed by atoms with Gasteiger partial charge < -0.3 is 15.1 Å². The number of hydrogen-bond acceptors (Lipinski definition) is 5. The molecule has 0 bridgehead atoms. The van der Waals surface area contributed by atoms with E-state index in [0.717, 1.165) is 51.3 Å². The highest BCUT2D eigenvalue weighted by molar-refractivity contribution is 7.15. The van der Waals surface area contributed by atoms with Crippen LogP contribution < -0.4 is 4.90 Å².